The van der Waals surface area contributed by atoms with Crippen LogP contribution in [0.15, 0.2) is 18.2 Å². The molecule has 0 amide bonds. The van der Waals surface area contributed by atoms with E-state index in [9.17, 15) is 4.39 Å². The average molecular weight is 256 g/mol. The molecule has 1 rings (SSSR count). The summed E-state index contributed by atoms with van der Waals surface area (Å²) < 4.78 is 24.1. The van der Waals surface area contributed by atoms with E-state index in [0.29, 0.717) is 18.6 Å². The van der Waals surface area contributed by atoms with E-state index in [2.05, 4.69) is 5.43 Å². The Kier molecular flexibility index (Phi) is 6.04. The van der Waals surface area contributed by atoms with Crippen molar-refractivity contribution in [2.45, 2.75) is 19.4 Å². The van der Waals surface area contributed by atoms with Crippen molar-refractivity contribution in [3.8, 4) is 5.75 Å². The lowest BCUT2D eigenvalue weighted by molar-refractivity contribution is 0.149. The number of methoxy groups -OCH3 is 2. The number of halogens is 1. The Morgan fingerprint density at radius 1 is 1.39 bits per heavy atom. The molecule has 1 aromatic carbocycles. The van der Waals surface area contributed by atoms with E-state index in [4.69, 9.17) is 15.3 Å². The van der Waals surface area contributed by atoms with Crippen LogP contribution < -0.4 is 16.0 Å². The molecule has 4 nitrogen and oxygen atoms in total. The molecule has 0 aromatic heterocycles. The van der Waals surface area contributed by atoms with Crippen LogP contribution in [0.25, 0.3) is 0 Å². The molecule has 0 bridgehead atoms. The Balaban J connectivity index is 2.88. The molecule has 2 unspecified atom stereocenters. The van der Waals surface area contributed by atoms with Gasteiger partial charge in [0.2, 0.25) is 0 Å². The van der Waals surface area contributed by atoms with Crippen molar-refractivity contribution in [1.82, 2.24) is 5.43 Å². The molecule has 3 N–H and O–H groups in total. The van der Waals surface area contributed by atoms with Gasteiger partial charge in [0.15, 0.2) is 11.6 Å². The van der Waals surface area contributed by atoms with Crippen molar-refractivity contribution >= 4 is 0 Å². The molecule has 0 saturated heterocycles. The lowest BCUT2D eigenvalue weighted by Crippen LogP contribution is -2.30. The second-order valence-corrected chi connectivity index (χ2v) is 4.38. The molecule has 102 valence electrons. The van der Waals surface area contributed by atoms with Gasteiger partial charge in [0.1, 0.15) is 0 Å². The monoisotopic (exact) mass is 256 g/mol. The van der Waals surface area contributed by atoms with Crippen molar-refractivity contribution in [3.63, 3.8) is 0 Å². The Labute approximate surface area is 107 Å². The van der Waals surface area contributed by atoms with Crippen LogP contribution in [0.2, 0.25) is 0 Å². The van der Waals surface area contributed by atoms with Crippen molar-refractivity contribution < 1.29 is 13.9 Å². The van der Waals surface area contributed by atoms with Gasteiger partial charge in [-0.05, 0) is 18.4 Å². The standard InChI is InChI=1S/C13H21FN2O2/c1-9(8-17-2)7-11(16-15)10-5-4-6-12(18-3)13(10)14/h4-6,9,11,16H,7-8,15H2,1-3H3. The van der Waals surface area contributed by atoms with Crippen molar-refractivity contribution in [3.05, 3.63) is 29.6 Å². The third-order valence-corrected chi connectivity index (χ3v) is 2.88. The van der Waals surface area contributed by atoms with E-state index < -0.39 is 0 Å². The van der Waals surface area contributed by atoms with E-state index in [-0.39, 0.29) is 23.5 Å². The molecule has 5 heteroatoms. The van der Waals surface area contributed by atoms with Gasteiger partial charge in [0.05, 0.1) is 7.11 Å². The number of hydrogen-bond acceptors (Lipinski definition) is 4. The van der Waals surface area contributed by atoms with Gasteiger partial charge < -0.3 is 9.47 Å². The van der Waals surface area contributed by atoms with Crippen LogP contribution in [-0.4, -0.2) is 20.8 Å². The molecule has 0 aliphatic rings. The van der Waals surface area contributed by atoms with E-state index in [1.807, 2.05) is 6.92 Å². The molecule has 0 spiro atoms. The topological polar surface area (TPSA) is 56.5 Å². The molecule has 0 radical (unpaired) electrons. The fourth-order valence-corrected chi connectivity index (χ4v) is 1.99. The molecule has 0 aliphatic carbocycles. The number of nitrogens with two attached hydrogens (primary N) is 1. The van der Waals surface area contributed by atoms with Crippen LogP contribution in [0.3, 0.4) is 0 Å². The summed E-state index contributed by atoms with van der Waals surface area (Å²) in [6.45, 7) is 2.65. The molecule has 2 atom stereocenters. The first-order valence-corrected chi connectivity index (χ1v) is 5.91. The smallest absolute Gasteiger partial charge is 0.169 e. The molecule has 18 heavy (non-hydrogen) atoms. The number of rotatable bonds is 7. The van der Waals surface area contributed by atoms with Crippen LogP contribution in [0.5, 0.6) is 5.75 Å². The predicted molar refractivity (Wildman–Crippen MR) is 68.7 cm³/mol. The molecule has 0 heterocycles. The highest BCUT2D eigenvalue weighted by Crippen LogP contribution is 2.28. The zero-order valence-corrected chi connectivity index (χ0v) is 11.1. The van der Waals surface area contributed by atoms with E-state index in [1.54, 1.807) is 25.3 Å². The van der Waals surface area contributed by atoms with Gasteiger partial charge in [-0.3, -0.25) is 11.3 Å². The van der Waals surface area contributed by atoms with Crippen LogP contribution in [0, 0.1) is 11.7 Å². The highest BCUT2D eigenvalue weighted by atomic mass is 19.1. The first kappa shape index (κ1) is 14.9. The molecular formula is C13H21FN2O2. The van der Waals surface area contributed by atoms with Crippen molar-refractivity contribution in [2.24, 2.45) is 11.8 Å². The Hall–Kier alpha value is -1.17. The Morgan fingerprint density at radius 3 is 2.67 bits per heavy atom. The summed E-state index contributed by atoms with van der Waals surface area (Å²) in [5.41, 5.74) is 3.16. The minimum absolute atomic E-state index is 0.229. The second-order valence-electron chi connectivity index (χ2n) is 4.38. The van der Waals surface area contributed by atoms with Crippen LogP contribution in [0.4, 0.5) is 4.39 Å². The molecule has 0 saturated carbocycles. The maximum atomic E-state index is 14.1. The zero-order chi connectivity index (χ0) is 13.5. The maximum Gasteiger partial charge on any atom is 0.169 e. The molecule has 0 fully saturated rings. The number of hydrogen-bond donors (Lipinski definition) is 2. The van der Waals surface area contributed by atoms with Crippen molar-refractivity contribution in [2.75, 3.05) is 20.8 Å². The minimum Gasteiger partial charge on any atom is -0.494 e. The number of nitrogens with one attached hydrogen (secondary N) is 1. The van der Waals surface area contributed by atoms with Gasteiger partial charge >= 0.3 is 0 Å². The van der Waals surface area contributed by atoms with E-state index in [1.165, 1.54) is 7.11 Å². The third kappa shape index (κ3) is 3.66. The summed E-state index contributed by atoms with van der Waals surface area (Å²) in [6.07, 6.45) is 0.689. The lowest BCUT2D eigenvalue weighted by Gasteiger charge is -2.21. The number of ether oxygens (including phenoxy) is 2. The number of hydrazine groups is 1. The van der Waals surface area contributed by atoms with Crippen LogP contribution in [0.1, 0.15) is 24.9 Å². The SMILES string of the molecule is COCC(C)CC(NN)c1cccc(OC)c1F. The van der Waals surface area contributed by atoms with E-state index >= 15 is 0 Å². The predicted octanol–water partition coefficient (Wildman–Crippen LogP) is 2.01. The lowest BCUT2D eigenvalue weighted by atomic mass is 9.96. The van der Waals surface area contributed by atoms with Gasteiger partial charge in [-0.25, -0.2) is 4.39 Å². The Morgan fingerprint density at radius 2 is 2.11 bits per heavy atom. The van der Waals surface area contributed by atoms with Crippen LogP contribution >= 0.6 is 0 Å². The summed E-state index contributed by atoms with van der Waals surface area (Å²) in [5, 5.41) is 0. The zero-order valence-electron chi connectivity index (χ0n) is 11.1. The average Bonchev–Trinajstić information content (AvgIpc) is 2.37. The normalized spacial score (nSPS) is 14.3. The largest absolute Gasteiger partial charge is 0.494 e. The quantitative estimate of drug-likeness (QED) is 0.579. The highest BCUT2D eigenvalue weighted by molar-refractivity contribution is 5.33. The molecule has 0 aliphatic heterocycles. The summed E-state index contributed by atoms with van der Waals surface area (Å²) in [5.74, 6) is 5.65. The summed E-state index contributed by atoms with van der Waals surface area (Å²) in [7, 11) is 3.09. The van der Waals surface area contributed by atoms with Gasteiger partial charge in [-0.1, -0.05) is 19.1 Å². The molecular weight excluding hydrogens is 235 g/mol. The summed E-state index contributed by atoms with van der Waals surface area (Å²) >= 11 is 0. The van der Waals surface area contributed by atoms with E-state index in [0.717, 1.165) is 0 Å². The second kappa shape index (κ2) is 7.31. The first-order valence-electron chi connectivity index (χ1n) is 5.91. The van der Waals surface area contributed by atoms with Crippen LogP contribution in [-0.2, 0) is 4.74 Å². The fraction of sp³-hybridized carbons (Fsp3) is 0.538. The Bertz CT molecular complexity index is 374. The fourth-order valence-electron chi connectivity index (χ4n) is 1.99. The summed E-state index contributed by atoms with van der Waals surface area (Å²) in [4.78, 5) is 0. The maximum absolute atomic E-state index is 14.1. The van der Waals surface area contributed by atoms with Gasteiger partial charge in [-0.15, -0.1) is 0 Å². The first-order chi connectivity index (χ1) is 8.63. The third-order valence-electron chi connectivity index (χ3n) is 2.88. The van der Waals surface area contributed by atoms with Gasteiger partial charge in [-0.2, -0.15) is 0 Å². The number of benzene rings is 1. The summed E-state index contributed by atoms with van der Waals surface area (Å²) in [6, 6.07) is 4.79. The van der Waals surface area contributed by atoms with Crippen molar-refractivity contribution in [1.29, 1.82) is 0 Å². The highest BCUT2D eigenvalue weighted by Gasteiger charge is 2.19. The van der Waals surface area contributed by atoms with Gasteiger partial charge in [0, 0.05) is 25.3 Å². The molecule has 1 aromatic rings. The van der Waals surface area contributed by atoms with Gasteiger partial charge in [0.25, 0.3) is 0 Å². The minimum atomic E-state index is -0.368.